The highest BCUT2D eigenvalue weighted by atomic mass is 32.1. The molecule has 0 atom stereocenters. The number of benzene rings is 1. The van der Waals surface area contributed by atoms with Crippen LogP contribution in [0, 0.1) is 5.82 Å². The van der Waals surface area contributed by atoms with Gasteiger partial charge in [-0.1, -0.05) is 29.6 Å². The van der Waals surface area contributed by atoms with Crippen LogP contribution in [-0.4, -0.2) is 22.4 Å². The molecule has 0 radical (unpaired) electrons. The van der Waals surface area contributed by atoms with Crippen molar-refractivity contribution in [2.75, 3.05) is 17.2 Å². The van der Waals surface area contributed by atoms with Crippen molar-refractivity contribution in [3.05, 3.63) is 77.2 Å². The first-order chi connectivity index (χ1) is 13.5. The maximum atomic E-state index is 14.1. The smallest absolute Gasteiger partial charge is 0.251 e. The van der Waals surface area contributed by atoms with E-state index < -0.39 is 5.82 Å². The Morgan fingerprint density at radius 2 is 2.11 bits per heavy atom. The number of thiazole rings is 1. The first-order valence-corrected chi connectivity index (χ1v) is 9.41. The van der Waals surface area contributed by atoms with Crippen LogP contribution in [0.2, 0.25) is 0 Å². The molecule has 2 heterocycles. The van der Waals surface area contributed by atoms with Crippen LogP contribution in [0.3, 0.4) is 0 Å². The van der Waals surface area contributed by atoms with Crippen LogP contribution in [0.25, 0.3) is 0 Å². The van der Waals surface area contributed by atoms with Gasteiger partial charge < -0.3 is 16.0 Å². The first-order valence-electron chi connectivity index (χ1n) is 8.60. The molecule has 0 bridgehead atoms. The highest BCUT2D eigenvalue weighted by Crippen LogP contribution is 2.23. The van der Waals surface area contributed by atoms with Crippen molar-refractivity contribution < 1.29 is 9.18 Å². The van der Waals surface area contributed by atoms with Crippen molar-refractivity contribution in [1.29, 1.82) is 0 Å². The first kappa shape index (κ1) is 19.5. The van der Waals surface area contributed by atoms with Gasteiger partial charge in [0, 0.05) is 29.4 Å². The number of hydrogen-bond donors (Lipinski definition) is 3. The van der Waals surface area contributed by atoms with Gasteiger partial charge in [0.1, 0.15) is 11.6 Å². The summed E-state index contributed by atoms with van der Waals surface area (Å²) in [5.41, 5.74) is 1.48. The van der Waals surface area contributed by atoms with Crippen molar-refractivity contribution in [2.45, 2.75) is 13.5 Å². The molecule has 2 aromatic heterocycles. The van der Waals surface area contributed by atoms with E-state index in [0.29, 0.717) is 29.6 Å². The summed E-state index contributed by atoms with van der Waals surface area (Å²) in [5.74, 6) is 0.00867. The molecule has 0 fully saturated rings. The van der Waals surface area contributed by atoms with E-state index in [1.54, 1.807) is 12.4 Å². The second-order valence-electron chi connectivity index (χ2n) is 6.16. The van der Waals surface area contributed by atoms with E-state index >= 15 is 0 Å². The van der Waals surface area contributed by atoms with Crippen molar-refractivity contribution in [1.82, 2.24) is 15.3 Å². The molecular weight excluding hydrogens is 377 g/mol. The minimum Gasteiger partial charge on any atom is -0.378 e. The largest absolute Gasteiger partial charge is 0.378 e. The van der Waals surface area contributed by atoms with E-state index in [2.05, 4.69) is 32.5 Å². The Labute approximate surface area is 166 Å². The van der Waals surface area contributed by atoms with E-state index in [9.17, 15) is 9.18 Å². The van der Waals surface area contributed by atoms with Gasteiger partial charge in [0.15, 0.2) is 5.13 Å². The van der Waals surface area contributed by atoms with Gasteiger partial charge in [-0.3, -0.25) is 4.79 Å². The van der Waals surface area contributed by atoms with E-state index in [-0.39, 0.29) is 11.6 Å². The molecule has 1 aromatic carbocycles. The summed E-state index contributed by atoms with van der Waals surface area (Å²) in [4.78, 5) is 21.5. The van der Waals surface area contributed by atoms with Gasteiger partial charge in [0.25, 0.3) is 5.91 Å². The number of nitrogens with one attached hydrogen (secondary N) is 3. The molecule has 0 saturated carbocycles. The number of halogens is 1. The fourth-order valence-electron chi connectivity index (χ4n) is 2.31. The molecule has 3 N–H and O–H groups in total. The van der Waals surface area contributed by atoms with E-state index in [1.165, 1.54) is 29.5 Å². The monoisotopic (exact) mass is 397 g/mol. The SMILES string of the molecule is C=C(C)CNC(=O)c1ccc(F)c(NCc2cnc(Nc3ccccn3)s2)c1. The zero-order valence-corrected chi connectivity index (χ0v) is 16.1. The Balaban J connectivity index is 1.62. The lowest BCUT2D eigenvalue weighted by atomic mass is 10.1. The van der Waals surface area contributed by atoms with Crippen LogP contribution in [0.4, 0.5) is 21.0 Å². The topological polar surface area (TPSA) is 78.9 Å². The molecule has 3 rings (SSSR count). The normalized spacial score (nSPS) is 10.4. The molecule has 0 spiro atoms. The number of carbonyl (C=O) groups excluding carboxylic acids is 1. The molecule has 28 heavy (non-hydrogen) atoms. The van der Waals surface area contributed by atoms with Crippen LogP contribution >= 0.6 is 11.3 Å². The molecule has 0 unspecified atom stereocenters. The third-order valence-corrected chi connectivity index (χ3v) is 4.60. The second-order valence-corrected chi connectivity index (χ2v) is 7.27. The number of rotatable bonds is 8. The van der Waals surface area contributed by atoms with Crippen molar-refractivity contribution in [3.63, 3.8) is 0 Å². The third-order valence-electron chi connectivity index (χ3n) is 3.69. The number of carbonyl (C=O) groups is 1. The fraction of sp³-hybridized carbons (Fsp3) is 0.150. The van der Waals surface area contributed by atoms with E-state index in [0.717, 1.165) is 10.5 Å². The Hall–Kier alpha value is -3.26. The molecule has 8 heteroatoms. The maximum absolute atomic E-state index is 14.1. The molecular formula is C20H20FN5OS. The Morgan fingerprint density at radius 3 is 2.86 bits per heavy atom. The predicted molar refractivity (Wildman–Crippen MR) is 111 cm³/mol. The zero-order chi connectivity index (χ0) is 19.9. The van der Waals surface area contributed by atoms with Gasteiger partial charge in [-0.05, 0) is 37.3 Å². The Kier molecular flexibility index (Phi) is 6.33. The average molecular weight is 397 g/mol. The van der Waals surface area contributed by atoms with Crippen LogP contribution in [0.15, 0.2) is 60.9 Å². The minimum absolute atomic E-state index is 0.260. The highest BCUT2D eigenvalue weighted by Gasteiger charge is 2.10. The van der Waals surface area contributed by atoms with Crippen molar-refractivity contribution >= 4 is 33.9 Å². The molecule has 6 nitrogen and oxygen atoms in total. The number of aromatic nitrogens is 2. The average Bonchev–Trinajstić information content (AvgIpc) is 3.13. The summed E-state index contributed by atoms with van der Waals surface area (Å²) in [6.45, 7) is 6.33. The number of pyridine rings is 1. The Bertz CT molecular complexity index is 974. The van der Waals surface area contributed by atoms with Crippen molar-refractivity contribution in [2.24, 2.45) is 0 Å². The molecule has 3 aromatic rings. The van der Waals surface area contributed by atoms with Gasteiger partial charge in [-0.25, -0.2) is 14.4 Å². The number of amides is 1. The lowest BCUT2D eigenvalue weighted by molar-refractivity contribution is 0.0957. The van der Waals surface area contributed by atoms with Crippen LogP contribution < -0.4 is 16.0 Å². The molecule has 144 valence electrons. The highest BCUT2D eigenvalue weighted by molar-refractivity contribution is 7.15. The number of nitrogens with zero attached hydrogens (tertiary/aromatic N) is 2. The minimum atomic E-state index is -0.423. The van der Waals surface area contributed by atoms with Gasteiger partial charge in [0.05, 0.1) is 12.2 Å². The molecule has 0 aliphatic heterocycles. The predicted octanol–water partition coefficient (Wildman–Crippen LogP) is 4.34. The van der Waals surface area contributed by atoms with Gasteiger partial charge in [-0.2, -0.15) is 0 Å². The van der Waals surface area contributed by atoms with E-state index in [4.69, 9.17) is 0 Å². The van der Waals surface area contributed by atoms with Gasteiger partial charge >= 0.3 is 0 Å². The molecule has 0 aliphatic carbocycles. The molecule has 0 saturated heterocycles. The van der Waals surface area contributed by atoms with Gasteiger partial charge in [-0.15, -0.1) is 0 Å². The lowest BCUT2D eigenvalue weighted by Gasteiger charge is -2.09. The number of hydrogen-bond acceptors (Lipinski definition) is 6. The Morgan fingerprint density at radius 1 is 1.25 bits per heavy atom. The fourth-order valence-corrected chi connectivity index (χ4v) is 3.07. The van der Waals surface area contributed by atoms with Crippen LogP contribution in [0.1, 0.15) is 22.2 Å². The summed E-state index contributed by atoms with van der Waals surface area (Å²) < 4.78 is 14.1. The second kappa shape index (κ2) is 9.09. The maximum Gasteiger partial charge on any atom is 0.251 e. The molecule has 0 aliphatic rings. The third kappa shape index (κ3) is 5.37. The summed E-state index contributed by atoms with van der Waals surface area (Å²) in [7, 11) is 0. The summed E-state index contributed by atoms with van der Waals surface area (Å²) in [5, 5.41) is 9.57. The summed E-state index contributed by atoms with van der Waals surface area (Å²) in [6, 6.07) is 9.79. The zero-order valence-electron chi connectivity index (χ0n) is 15.3. The lowest BCUT2D eigenvalue weighted by Crippen LogP contribution is -2.25. The van der Waals surface area contributed by atoms with Crippen molar-refractivity contribution in [3.8, 4) is 0 Å². The van der Waals surface area contributed by atoms with Crippen LogP contribution in [-0.2, 0) is 6.54 Å². The quantitative estimate of drug-likeness (QED) is 0.493. The standard InChI is InChI=1S/C20H20FN5OS/c1-13(2)10-24-19(27)14-6-7-16(21)17(9-14)23-11-15-12-25-20(28-15)26-18-5-3-4-8-22-18/h3-9,12,23H,1,10-11H2,2H3,(H,24,27)(H,22,25,26). The summed E-state index contributed by atoms with van der Waals surface area (Å²) >= 11 is 1.44. The van der Waals surface area contributed by atoms with Gasteiger partial charge in [0.2, 0.25) is 0 Å². The summed E-state index contributed by atoms with van der Waals surface area (Å²) in [6.07, 6.45) is 3.41. The number of anilines is 3. The van der Waals surface area contributed by atoms with E-state index in [1.807, 2.05) is 25.1 Å². The molecule has 1 amide bonds. The van der Waals surface area contributed by atoms with Crippen LogP contribution in [0.5, 0.6) is 0 Å².